The summed E-state index contributed by atoms with van der Waals surface area (Å²) in [4.78, 5) is 0. The Bertz CT molecular complexity index is 666. The van der Waals surface area contributed by atoms with Crippen LogP contribution in [0.2, 0.25) is 0 Å². The summed E-state index contributed by atoms with van der Waals surface area (Å²) in [6, 6.07) is 3.30. The molecule has 1 aromatic carbocycles. The van der Waals surface area contributed by atoms with Crippen molar-refractivity contribution in [3.05, 3.63) is 45.3 Å². The summed E-state index contributed by atoms with van der Waals surface area (Å²) in [5, 5.41) is 15.2. The first kappa shape index (κ1) is 14.6. The fraction of sp³-hybridized carbons (Fsp3) is 0.0909. The number of nitrogens with zero attached hydrogens (tertiary/aromatic N) is 3. The van der Waals surface area contributed by atoms with Crippen LogP contribution in [0.5, 0.6) is 0 Å². The Balaban J connectivity index is 2.60. The van der Waals surface area contributed by atoms with Gasteiger partial charge in [-0.1, -0.05) is 5.16 Å². The summed E-state index contributed by atoms with van der Waals surface area (Å²) in [7, 11) is 0. The highest BCUT2D eigenvalue weighted by molar-refractivity contribution is 14.1. The molecule has 5 nitrogen and oxygen atoms in total. The number of hydrogen-bond acceptors (Lipinski definition) is 3. The zero-order valence-corrected chi connectivity index (χ0v) is 11.9. The maximum atomic E-state index is 12.9. The smallest absolute Gasteiger partial charge is 0.409 e. The van der Waals surface area contributed by atoms with Crippen molar-refractivity contribution in [1.29, 1.82) is 0 Å². The lowest BCUT2D eigenvalue weighted by atomic mass is 10.1. The van der Waals surface area contributed by atoms with Gasteiger partial charge in [-0.05, 0) is 40.8 Å². The second-order valence-corrected chi connectivity index (χ2v) is 5.06. The molecular weight excluding hydrogens is 388 g/mol. The van der Waals surface area contributed by atoms with Crippen LogP contribution in [-0.4, -0.2) is 20.8 Å². The molecule has 0 atom stereocenters. The first-order valence-corrected chi connectivity index (χ1v) is 6.30. The number of benzene rings is 1. The van der Waals surface area contributed by atoms with Crippen LogP contribution in [-0.2, 0) is 6.18 Å². The van der Waals surface area contributed by atoms with E-state index in [0.29, 0.717) is 5.69 Å². The van der Waals surface area contributed by atoms with E-state index in [1.165, 1.54) is 16.8 Å². The highest BCUT2D eigenvalue weighted by atomic mass is 127. The molecule has 0 spiro atoms. The van der Waals surface area contributed by atoms with Crippen LogP contribution >= 0.6 is 22.6 Å². The van der Waals surface area contributed by atoms with Gasteiger partial charge in [0.25, 0.3) is 0 Å². The minimum absolute atomic E-state index is 0.377. The standard InChI is InChI=1S/C11H8F3IN4O/c12-11(13,14)9-2-1-7(3-8(9)10(16)18-20)19-5-6(15)4-17-19/h1-5,20H,(H2,16,18). The summed E-state index contributed by atoms with van der Waals surface area (Å²) < 4.78 is 40.8. The van der Waals surface area contributed by atoms with E-state index in [0.717, 1.165) is 9.64 Å². The van der Waals surface area contributed by atoms with E-state index in [9.17, 15) is 13.2 Å². The van der Waals surface area contributed by atoms with Gasteiger partial charge in [0.1, 0.15) is 0 Å². The average molecular weight is 396 g/mol. The molecule has 0 amide bonds. The largest absolute Gasteiger partial charge is 0.417 e. The Kier molecular flexibility index (Phi) is 3.88. The molecule has 1 heterocycles. The summed E-state index contributed by atoms with van der Waals surface area (Å²) in [5.74, 6) is -0.610. The van der Waals surface area contributed by atoms with Crippen LogP contribution in [0.3, 0.4) is 0 Å². The van der Waals surface area contributed by atoms with Crippen molar-refractivity contribution in [2.24, 2.45) is 10.9 Å². The van der Waals surface area contributed by atoms with Crippen molar-refractivity contribution in [3.8, 4) is 5.69 Å². The molecular formula is C11H8F3IN4O. The lowest BCUT2D eigenvalue weighted by Crippen LogP contribution is -2.20. The number of aromatic nitrogens is 2. The third-order valence-corrected chi connectivity index (χ3v) is 3.06. The fourth-order valence-electron chi connectivity index (χ4n) is 1.63. The molecule has 2 aromatic rings. The minimum Gasteiger partial charge on any atom is -0.409 e. The van der Waals surface area contributed by atoms with Gasteiger partial charge in [0.05, 0.1) is 21.0 Å². The third kappa shape index (κ3) is 2.86. The predicted molar refractivity (Wildman–Crippen MR) is 73.8 cm³/mol. The number of oxime groups is 1. The van der Waals surface area contributed by atoms with Gasteiger partial charge < -0.3 is 10.9 Å². The van der Waals surface area contributed by atoms with Crippen molar-refractivity contribution in [3.63, 3.8) is 0 Å². The molecule has 9 heteroatoms. The van der Waals surface area contributed by atoms with E-state index >= 15 is 0 Å². The van der Waals surface area contributed by atoms with Crippen molar-refractivity contribution < 1.29 is 18.4 Å². The lowest BCUT2D eigenvalue weighted by molar-refractivity contribution is -0.137. The molecule has 2 rings (SSSR count). The molecule has 0 bridgehead atoms. The molecule has 0 saturated carbocycles. The van der Waals surface area contributed by atoms with Gasteiger partial charge in [-0.15, -0.1) is 0 Å². The third-order valence-electron chi connectivity index (χ3n) is 2.51. The Labute approximate surface area is 125 Å². The van der Waals surface area contributed by atoms with Crippen LogP contribution in [0, 0.1) is 3.57 Å². The highest BCUT2D eigenvalue weighted by Gasteiger charge is 2.34. The summed E-state index contributed by atoms with van der Waals surface area (Å²) >= 11 is 2.02. The number of nitrogens with two attached hydrogens (primary N) is 1. The van der Waals surface area contributed by atoms with Gasteiger partial charge in [-0.3, -0.25) is 0 Å². The molecule has 0 aliphatic heterocycles. The molecule has 0 fully saturated rings. The summed E-state index contributed by atoms with van der Waals surface area (Å²) in [6.45, 7) is 0. The predicted octanol–water partition coefficient (Wildman–Crippen LogP) is 2.59. The van der Waals surface area contributed by atoms with E-state index in [1.807, 2.05) is 22.6 Å². The van der Waals surface area contributed by atoms with Crippen molar-refractivity contribution in [2.75, 3.05) is 0 Å². The Morgan fingerprint density at radius 1 is 1.40 bits per heavy atom. The van der Waals surface area contributed by atoms with E-state index < -0.39 is 23.1 Å². The number of halogens is 4. The molecule has 1 aromatic heterocycles. The van der Waals surface area contributed by atoms with Gasteiger partial charge in [0.15, 0.2) is 5.84 Å². The van der Waals surface area contributed by atoms with Gasteiger partial charge in [0, 0.05) is 11.8 Å². The second kappa shape index (κ2) is 5.31. The van der Waals surface area contributed by atoms with E-state index in [1.54, 1.807) is 12.4 Å². The molecule has 0 unspecified atom stereocenters. The molecule has 0 aliphatic rings. The number of alkyl halides is 3. The Hall–Kier alpha value is -1.78. The van der Waals surface area contributed by atoms with Crippen LogP contribution in [0.4, 0.5) is 13.2 Å². The van der Waals surface area contributed by atoms with E-state index in [2.05, 4.69) is 10.3 Å². The first-order chi connectivity index (χ1) is 9.32. The molecule has 0 radical (unpaired) electrons. The monoisotopic (exact) mass is 396 g/mol. The molecule has 0 saturated heterocycles. The molecule has 20 heavy (non-hydrogen) atoms. The molecule has 106 valence electrons. The van der Waals surface area contributed by atoms with Crippen molar-refractivity contribution >= 4 is 28.4 Å². The van der Waals surface area contributed by atoms with Gasteiger partial charge in [-0.2, -0.15) is 18.3 Å². The lowest BCUT2D eigenvalue weighted by Gasteiger charge is -2.13. The second-order valence-electron chi connectivity index (χ2n) is 3.82. The van der Waals surface area contributed by atoms with Gasteiger partial charge in [0.2, 0.25) is 0 Å². The average Bonchev–Trinajstić information content (AvgIpc) is 2.82. The van der Waals surface area contributed by atoms with Crippen molar-refractivity contribution in [2.45, 2.75) is 6.18 Å². The topological polar surface area (TPSA) is 76.4 Å². The normalized spacial score (nSPS) is 12.7. The quantitative estimate of drug-likeness (QED) is 0.270. The van der Waals surface area contributed by atoms with Crippen molar-refractivity contribution in [1.82, 2.24) is 9.78 Å². The zero-order valence-electron chi connectivity index (χ0n) is 9.76. The fourth-order valence-corrected chi connectivity index (χ4v) is 2.02. The minimum atomic E-state index is -4.60. The summed E-state index contributed by atoms with van der Waals surface area (Å²) in [5.41, 5.74) is 4.32. The van der Waals surface area contributed by atoms with E-state index in [-0.39, 0.29) is 0 Å². The summed E-state index contributed by atoms with van der Waals surface area (Å²) in [6.07, 6.45) is -1.40. The maximum Gasteiger partial charge on any atom is 0.417 e. The zero-order chi connectivity index (χ0) is 14.9. The van der Waals surface area contributed by atoms with E-state index in [4.69, 9.17) is 10.9 Å². The molecule has 0 aliphatic carbocycles. The SMILES string of the molecule is N/C(=N/O)c1cc(-n2cc(I)cn2)ccc1C(F)(F)F. The van der Waals surface area contributed by atoms with Crippen LogP contribution < -0.4 is 5.73 Å². The number of hydrogen-bond donors (Lipinski definition) is 2. The maximum absolute atomic E-state index is 12.9. The highest BCUT2D eigenvalue weighted by Crippen LogP contribution is 2.33. The van der Waals surface area contributed by atoms with Crippen LogP contribution in [0.15, 0.2) is 35.7 Å². The van der Waals surface area contributed by atoms with Gasteiger partial charge in [-0.25, -0.2) is 4.68 Å². The number of amidine groups is 1. The Morgan fingerprint density at radius 3 is 2.60 bits per heavy atom. The van der Waals surface area contributed by atoms with Crippen LogP contribution in [0.25, 0.3) is 5.69 Å². The van der Waals surface area contributed by atoms with Gasteiger partial charge >= 0.3 is 6.18 Å². The molecule has 3 N–H and O–H groups in total. The van der Waals surface area contributed by atoms with Crippen LogP contribution in [0.1, 0.15) is 11.1 Å². The Morgan fingerprint density at radius 2 is 2.10 bits per heavy atom. The first-order valence-electron chi connectivity index (χ1n) is 5.22. The number of rotatable bonds is 2.